The van der Waals surface area contributed by atoms with Crippen LogP contribution in [0.15, 0.2) is 12.2 Å². The fraction of sp³-hybridized carbons (Fsp3) is 0.600. The van der Waals surface area contributed by atoms with Gasteiger partial charge in [0.15, 0.2) is 12.2 Å². The largest absolute Gasteiger partial charge is 0.481 e. The molecule has 0 saturated carbocycles. The van der Waals surface area contributed by atoms with Crippen LogP contribution in [0.4, 0.5) is 0 Å². The van der Waals surface area contributed by atoms with E-state index in [2.05, 4.69) is 0 Å². The van der Waals surface area contributed by atoms with Crippen LogP contribution >= 0.6 is 0 Å². The molecule has 2 saturated heterocycles. The minimum absolute atomic E-state index is 0.0526. The van der Waals surface area contributed by atoms with Crippen LogP contribution in [-0.4, -0.2) is 71.7 Å². The van der Waals surface area contributed by atoms with Crippen LogP contribution in [0.1, 0.15) is 19.3 Å². The first-order valence-corrected chi connectivity index (χ1v) is 7.60. The van der Waals surface area contributed by atoms with Gasteiger partial charge >= 0.3 is 23.9 Å². The van der Waals surface area contributed by atoms with Crippen LogP contribution in [0, 0.1) is 0 Å². The van der Waals surface area contributed by atoms with Crippen molar-refractivity contribution in [3.63, 3.8) is 0 Å². The normalized spacial score (nSPS) is 27.8. The van der Waals surface area contributed by atoms with Gasteiger partial charge in [-0.05, 0) is 0 Å². The molecule has 0 radical (unpaired) electrons. The smallest absolute Gasteiger partial charge is 0.330 e. The molecule has 0 aliphatic carbocycles. The van der Waals surface area contributed by atoms with E-state index in [-0.39, 0.29) is 32.5 Å². The predicted molar refractivity (Wildman–Crippen MR) is 77.5 cm³/mol. The lowest BCUT2D eigenvalue weighted by Gasteiger charge is -2.16. The molecule has 2 aliphatic heterocycles. The Morgan fingerprint density at radius 3 is 2.08 bits per heavy atom. The quantitative estimate of drug-likeness (QED) is 0.430. The van der Waals surface area contributed by atoms with Gasteiger partial charge in [0.2, 0.25) is 0 Å². The molecule has 10 nitrogen and oxygen atoms in total. The molecular weight excluding hydrogens is 340 g/mol. The Labute approximate surface area is 142 Å². The second-order valence-corrected chi connectivity index (χ2v) is 5.49. The third-order valence-corrected chi connectivity index (χ3v) is 3.60. The Bertz CT molecular complexity index is 569. The lowest BCUT2D eigenvalue weighted by molar-refractivity contribution is -0.156. The minimum atomic E-state index is -1.10. The summed E-state index contributed by atoms with van der Waals surface area (Å²) in [6.07, 6.45) is -1.30. The Morgan fingerprint density at radius 1 is 0.920 bits per heavy atom. The standard InChI is InChI=1S/C15H18O10/c16-10(17)2-1-3-12(20)24-8-6-22-15-9(7-23-14(8)15)25-13(21)5-4-11(18)19/h1,3,8-9,14-15H,2,4-7H2,(H,16,17)(H,18,19). The zero-order valence-corrected chi connectivity index (χ0v) is 13.2. The number of carbonyl (C=O) groups excluding carboxylic acids is 2. The number of carboxylic acid groups (broad SMARTS) is 2. The molecule has 2 rings (SSSR count). The van der Waals surface area contributed by atoms with E-state index >= 15 is 0 Å². The summed E-state index contributed by atoms with van der Waals surface area (Å²) in [5, 5.41) is 17.0. The molecule has 0 aromatic heterocycles. The molecule has 0 amide bonds. The third-order valence-electron chi connectivity index (χ3n) is 3.60. The van der Waals surface area contributed by atoms with Crippen LogP contribution in [0.25, 0.3) is 0 Å². The zero-order chi connectivity index (χ0) is 18.4. The summed E-state index contributed by atoms with van der Waals surface area (Å²) in [6.45, 7) is 0.105. The van der Waals surface area contributed by atoms with Crippen LogP contribution in [0.5, 0.6) is 0 Å². The topological polar surface area (TPSA) is 146 Å². The summed E-state index contributed by atoms with van der Waals surface area (Å²) in [4.78, 5) is 44.0. The molecule has 2 fully saturated rings. The van der Waals surface area contributed by atoms with E-state index in [4.69, 9.17) is 29.2 Å². The molecule has 0 bridgehead atoms. The monoisotopic (exact) mass is 358 g/mol. The van der Waals surface area contributed by atoms with Gasteiger partial charge < -0.3 is 29.2 Å². The Hall–Kier alpha value is -2.46. The predicted octanol–water partition coefficient (Wildman–Crippen LogP) is -0.497. The maximum absolute atomic E-state index is 11.6. The van der Waals surface area contributed by atoms with Crippen LogP contribution in [0.2, 0.25) is 0 Å². The lowest BCUT2D eigenvalue weighted by Crippen LogP contribution is -2.35. The molecule has 0 aromatic carbocycles. The van der Waals surface area contributed by atoms with Crippen molar-refractivity contribution < 1.29 is 48.3 Å². The van der Waals surface area contributed by atoms with E-state index in [1.54, 1.807) is 0 Å². The van der Waals surface area contributed by atoms with Crippen molar-refractivity contribution in [3.05, 3.63) is 12.2 Å². The van der Waals surface area contributed by atoms with E-state index in [1.165, 1.54) is 6.08 Å². The molecular formula is C15H18O10. The Kier molecular flexibility index (Phi) is 6.48. The number of rotatable bonds is 8. The van der Waals surface area contributed by atoms with Gasteiger partial charge in [0.1, 0.15) is 12.2 Å². The fourth-order valence-electron chi connectivity index (χ4n) is 2.51. The second-order valence-electron chi connectivity index (χ2n) is 5.49. The summed E-state index contributed by atoms with van der Waals surface area (Å²) < 4.78 is 21.2. The number of hydrogen-bond acceptors (Lipinski definition) is 8. The number of carboxylic acids is 2. The molecule has 25 heavy (non-hydrogen) atoms. The lowest BCUT2D eigenvalue weighted by atomic mass is 10.1. The van der Waals surface area contributed by atoms with Gasteiger partial charge in [-0.3, -0.25) is 14.4 Å². The number of aliphatic carboxylic acids is 2. The van der Waals surface area contributed by atoms with Crippen molar-refractivity contribution in [1.82, 2.24) is 0 Å². The van der Waals surface area contributed by atoms with Crippen LogP contribution in [-0.2, 0) is 38.1 Å². The third kappa shape index (κ3) is 5.54. The highest BCUT2D eigenvalue weighted by molar-refractivity contribution is 5.83. The van der Waals surface area contributed by atoms with Crippen molar-refractivity contribution in [1.29, 1.82) is 0 Å². The number of ether oxygens (including phenoxy) is 4. The maximum atomic E-state index is 11.6. The molecule has 4 unspecified atom stereocenters. The van der Waals surface area contributed by atoms with Gasteiger partial charge in [0, 0.05) is 6.08 Å². The van der Waals surface area contributed by atoms with E-state index in [9.17, 15) is 19.2 Å². The van der Waals surface area contributed by atoms with E-state index in [0.29, 0.717) is 0 Å². The maximum Gasteiger partial charge on any atom is 0.330 e. The first-order chi connectivity index (χ1) is 11.9. The van der Waals surface area contributed by atoms with Gasteiger partial charge in [-0.2, -0.15) is 0 Å². The summed E-state index contributed by atoms with van der Waals surface area (Å²) in [5.41, 5.74) is 0. The summed E-state index contributed by atoms with van der Waals surface area (Å²) >= 11 is 0. The zero-order valence-electron chi connectivity index (χ0n) is 13.2. The van der Waals surface area contributed by atoms with Crippen molar-refractivity contribution in [2.75, 3.05) is 13.2 Å². The SMILES string of the molecule is O=C(O)CC=CC(=O)OC1COC2C(OC(=O)CCC(=O)O)COC12. The summed E-state index contributed by atoms with van der Waals surface area (Å²) in [6, 6.07) is 0. The first-order valence-electron chi connectivity index (χ1n) is 7.60. The molecule has 2 N–H and O–H groups in total. The summed E-state index contributed by atoms with van der Waals surface area (Å²) in [5.74, 6) is -3.56. The molecule has 0 aromatic rings. The van der Waals surface area contributed by atoms with E-state index in [0.717, 1.165) is 6.08 Å². The van der Waals surface area contributed by atoms with Gasteiger partial charge in [0.05, 0.1) is 32.5 Å². The molecule has 2 aliphatic rings. The highest BCUT2D eigenvalue weighted by Gasteiger charge is 2.51. The van der Waals surface area contributed by atoms with Crippen LogP contribution in [0.3, 0.4) is 0 Å². The molecule has 138 valence electrons. The minimum Gasteiger partial charge on any atom is -0.481 e. The average molecular weight is 358 g/mol. The Balaban J connectivity index is 1.80. The van der Waals surface area contributed by atoms with E-state index in [1.807, 2.05) is 0 Å². The van der Waals surface area contributed by atoms with Gasteiger partial charge in [-0.1, -0.05) is 6.08 Å². The highest BCUT2D eigenvalue weighted by Crippen LogP contribution is 2.30. The summed E-state index contributed by atoms with van der Waals surface area (Å²) in [7, 11) is 0. The van der Waals surface area contributed by atoms with Gasteiger partial charge in [0.25, 0.3) is 0 Å². The first kappa shape index (κ1) is 18.9. The number of carbonyl (C=O) groups is 4. The highest BCUT2D eigenvalue weighted by atomic mass is 16.7. The van der Waals surface area contributed by atoms with E-state index < -0.39 is 48.3 Å². The van der Waals surface area contributed by atoms with Crippen molar-refractivity contribution in [2.45, 2.75) is 43.7 Å². The number of esters is 2. The molecule has 2 heterocycles. The van der Waals surface area contributed by atoms with Crippen molar-refractivity contribution in [3.8, 4) is 0 Å². The fourth-order valence-corrected chi connectivity index (χ4v) is 2.51. The second kappa shape index (κ2) is 8.58. The number of fused-ring (bicyclic) bond motifs is 1. The molecule has 4 atom stereocenters. The van der Waals surface area contributed by atoms with Gasteiger partial charge in [-0.15, -0.1) is 0 Å². The average Bonchev–Trinajstić information content (AvgIpc) is 3.09. The van der Waals surface area contributed by atoms with Crippen molar-refractivity contribution >= 4 is 23.9 Å². The number of hydrogen-bond donors (Lipinski definition) is 2. The Morgan fingerprint density at radius 2 is 1.52 bits per heavy atom. The molecule has 0 spiro atoms. The van der Waals surface area contributed by atoms with Crippen molar-refractivity contribution in [2.24, 2.45) is 0 Å². The van der Waals surface area contributed by atoms with Crippen LogP contribution < -0.4 is 0 Å². The molecule has 10 heteroatoms. The van der Waals surface area contributed by atoms with Gasteiger partial charge in [-0.25, -0.2) is 4.79 Å².